The van der Waals surface area contributed by atoms with Crippen molar-refractivity contribution in [3.05, 3.63) is 48.3 Å². The summed E-state index contributed by atoms with van der Waals surface area (Å²) in [6.07, 6.45) is -4.91. The Bertz CT molecular complexity index is 1620. The molecule has 0 saturated carbocycles. The average Bonchev–Trinajstić information content (AvgIpc) is 3.17. The third kappa shape index (κ3) is 10.7. The van der Waals surface area contributed by atoms with Gasteiger partial charge in [0, 0.05) is 50.0 Å². The molecule has 0 amide bonds. The van der Waals surface area contributed by atoms with Crippen molar-refractivity contribution in [3.63, 3.8) is 0 Å². The Balaban J connectivity index is 1.56. The van der Waals surface area contributed by atoms with Crippen molar-refractivity contribution in [2.24, 2.45) is 17.8 Å². The third-order valence-electron chi connectivity index (χ3n) is 12.6. The van der Waals surface area contributed by atoms with Crippen molar-refractivity contribution in [2.75, 3.05) is 40.1 Å². The fraction of sp³-hybridized carbons (Fsp3) is 0.744. The van der Waals surface area contributed by atoms with E-state index in [1.165, 1.54) is 7.11 Å². The van der Waals surface area contributed by atoms with Crippen molar-refractivity contribution in [1.82, 2.24) is 19.8 Å². The number of rotatable bonds is 9. The highest BCUT2D eigenvalue weighted by molar-refractivity contribution is 5.73. The zero-order valence-corrected chi connectivity index (χ0v) is 36.4. The number of carbonyl (C=O) groups is 1. The van der Waals surface area contributed by atoms with Crippen LogP contribution in [0.2, 0.25) is 0 Å². The summed E-state index contributed by atoms with van der Waals surface area (Å²) in [6, 6.07) is 10.7. The molecule has 1 aromatic heterocycles. The molecule has 15 heteroatoms. The Hall–Kier alpha value is -2.83. The highest BCUT2D eigenvalue weighted by Gasteiger charge is 2.52. The van der Waals surface area contributed by atoms with Gasteiger partial charge in [-0.25, -0.2) is 9.97 Å². The van der Waals surface area contributed by atoms with Crippen LogP contribution in [0.3, 0.4) is 0 Å². The number of para-hydroxylation sites is 1. The van der Waals surface area contributed by atoms with Crippen LogP contribution < -0.4 is 5.32 Å². The van der Waals surface area contributed by atoms with Gasteiger partial charge in [0.25, 0.3) is 0 Å². The number of nitrogens with zero attached hydrogens (tertiary/aromatic N) is 4. The Morgan fingerprint density at radius 3 is 2.33 bits per heavy atom. The first-order chi connectivity index (χ1) is 27.2. The predicted octanol–water partition coefficient (Wildman–Crippen LogP) is 4.29. The number of ether oxygens (including phenoxy) is 6. The number of aromatic nitrogens is 2. The number of cyclic esters (lactones) is 1. The fourth-order valence-electron chi connectivity index (χ4n) is 9.06. The van der Waals surface area contributed by atoms with Crippen LogP contribution in [0.4, 0.5) is 11.6 Å². The first-order valence-electron chi connectivity index (χ1n) is 20.7. The number of benzene rings is 1. The number of methoxy groups -OCH3 is 1. The summed E-state index contributed by atoms with van der Waals surface area (Å²) < 4.78 is 38.4. The van der Waals surface area contributed by atoms with E-state index in [9.17, 15) is 20.1 Å². The Kier molecular flexibility index (Phi) is 15.4. The number of hydrogen-bond donors (Lipinski definition) is 4. The quantitative estimate of drug-likeness (QED) is 0.264. The van der Waals surface area contributed by atoms with Crippen molar-refractivity contribution in [2.45, 2.75) is 153 Å². The second kappa shape index (κ2) is 19.3. The lowest BCUT2D eigenvalue weighted by atomic mass is 9.77. The highest BCUT2D eigenvalue weighted by Crippen LogP contribution is 2.40. The number of esters is 1. The van der Waals surface area contributed by atoms with Gasteiger partial charge in [-0.05, 0) is 99.6 Å². The van der Waals surface area contributed by atoms with Gasteiger partial charge in [0.05, 0.1) is 47.2 Å². The lowest BCUT2D eigenvalue weighted by molar-refractivity contribution is -0.317. The minimum absolute atomic E-state index is 0.0765. The zero-order chi connectivity index (χ0) is 42.7. The van der Waals surface area contributed by atoms with Gasteiger partial charge in [0.2, 0.25) is 5.95 Å². The van der Waals surface area contributed by atoms with Crippen molar-refractivity contribution in [1.29, 1.82) is 0 Å². The van der Waals surface area contributed by atoms with E-state index in [1.807, 2.05) is 77.1 Å². The third-order valence-corrected chi connectivity index (χ3v) is 12.6. The fourth-order valence-corrected chi connectivity index (χ4v) is 9.06. The van der Waals surface area contributed by atoms with E-state index in [0.717, 1.165) is 5.69 Å². The largest absolute Gasteiger partial charge is 0.454 e. The van der Waals surface area contributed by atoms with Crippen LogP contribution in [0.1, 0.15) is 86.5 Å². The van der Waals surface area contributed by atoms with E-state index in [1.54, 1.807) is 40.0 Å². The van der Waals surface area contributed by atoms with Crippen LogP contribution in [-0.2, 0) is 33.2 Å². The minimum Gasteiger partial charge on any atom is -0.454 e. The van der Waals surface area contributed by atoms with Gasteiger partial charge in [-0.2, -0.15) is 0 Å². The SMILES string of the molecule is CO[C@]1(C)C[C@H](O[C@H]2[C@H](C)[C@@H](O[C@@H]3O[C@H](C)C[C@H](N(C)C)[C@H]3O)[C@@](C)(O)C[C@@H](C)CN(C)[C@@H](C)[C@@H](c3ccnc(Nc4ccccc4)n3)OC(=O)[C@@H]2C)O[C@@H](C)[C@@H]1O. The molecule has 58 heavy (non-hydrogen) atoms. The highest BCUT2D eigenvalue weighted by atomic mass is 16.7. The summed E-state index contributed by atoms with van der Waals surface area (Å²) in [7, 11) is 7.31. The van der Waals surface area contributed by atoms with Gasteiger partial charge in [0.1, 0.15) is 12.2 Å². The summed E-state index contributed by atoms with van der Waals surface area (Å²) in [5.74, 6) is -1.92. The number of hydrogen-bond acceptors (Lipinski definition) is 15. The van der Waals surface area contributed by atoms with Crippen LogP contribution in [0.15, 0.2) is 42.6 Å². The lowest BCUT2D eigenvalue weighted by Crippen LogP contribution is -2.60. The molecule has 16 atom stereocenters. The predicted molar refractivity (Wildman–Crippen MR) is 218 cm³/mol. The molecule has 0 spiro atoms. The normalized spacial score (nSPS) is 41.2. The smallest absolute Gasteiger partial charge is 0.312 e. The van der Waals surface area contributed by atoms with Crippen LogP contribution >= 0.6 is 0 Å². The standard InChI is InChI=1S/C43H69N5O10/c1-24-21-42(7,52)38(58-40-34(49)32(47(9)10)20-25(2)54-40)26(3)35(56-33-22-43(8,53-12)37(50)29(6)55-33)27(4)39(51)57-36(28(5)48(11)23-24)31-18-19-44-41(46-31)45-30-16-14-13-15-17-30/h13-19,24-29,32-38,40,49-50,52H,20-23H2,1-12H3,(H,44,45,46)/t24-,25-,26+,27-,28+,29+,32+,33+,34-,35+,36+,37+,38-,40+,42+,43-/m1/s1. The molecule has 0 radical (unpaired) electrons. The maximum absolute atomic E-state index is 14.7. The summed E-state index contributed by atoms with van der Waals surface area (Å²) >= 11 is 0. The number of carbonyl (C=O) groups excluding carboxylic acids is 1. The van der Waals surface area contributed by atoms with Gasteiger partial charge in [-0.3, -0.25) is 9.69 Å². The number of nitrogens with one attached hydrogen (secondary N) is 1. The molecule has 0 aliphatic carbocycles. The Morgan fingerprint density at radius 2 is 1.67 bits per heavy atom. The molecule has 3 saturated heterocycles. The molecule has 15 nitrogen and oxygen atoms in total. The molecule has 0 unspecified atom stereocenters. The van der Waals surface area contributed by atoms with Crippen LogP contribution in [0.25, 0.3) is 0 Å². The molecule has 5 rings (SSSR count). The summed E-state index contributed by atoms with van der Waals surface area (Å²) in [5.41, 5.74) is -1.18. The maximum Gasteiger partial charge on any atom is 0.312 e. The van der Waals surface area contributed by atoms with Gasteiger partial charge < -0.3 is 54.0 Å². The zero-order valence-electron chi connectivity index (χ0n) is 36.4. The molecule has 0 bridgehead atoms. The van der Waals surface area contributed by atoms with E-state index in [4.69, 9.17) is 33.4 Å². The van der Waals surface area contributed by atoms with Crippen molar-refractivity contribution >= 4 is 17.6 Å². The monoisotopic (exact) mass is 816 g/mol. The minimum atomic E-state index is -1.50. The van der Waals surface area contributed by atoms with E-state index >= 15 is 0 Å². The Labute approximate surface area is 344 Å². The molecule has 4 heterocycles. The number of anilines is 2. The molecule has 3 aliphatic rings. The average molecular weight is 816 g/mol. The van der Waals surface area contributed by atoms with Gasteiger partial charge in [0.15, 0.2) is 18.7 Å². The number of aliphatic hydroxyl groups excluding tert-OH is 2. The van der Waals surface area contributed by atoms with Gasteiger partial charge >= 0.3 is 5.97 Å². The topological polar surface area (TPSA) is 177 Å². The first-order valence-corrected chi connectivity index (χ1v) is 20.7. The summed E-state index contributed by atoms with van der Waals surface area (Å²) in [4.78, 5) is 28.0. The molecular formula is C43H69N5O10. The van der Waals surface area contributed by atoms with E-state index in [2.05, 4.69) is 22.1 Å². The summed E-state index contributed by atoms with van der Waals surface area (Å²) in [6.45, 7) is 15.4. The molecule has 1 aromatic carbocycles. The van der Waals surface area contributed by atoms with Crippen LogP contribution in [0.5, 0.6) is 0 Å². The number of likely N-dealkylation sites (N-methyl/N-ethyl adjacent to an activating group) is 2. The van der Waals surface area contributed by atoms with E-state index < -0.39 is 78.2 Å². The van der Waals surface area contributed by atoms with Crippen LogP contribution in [-0.4, -0.2) is 148 Å². The summed E-state index contributed by atoms with van der Waals surface area (Å²) in [5, 5.41) is 38.5. The molecule has 3 aliphatic heterocycles. The number of aliphatic hydroxyl groups is 3. The molecule has 3 fully saturated rings. The molecule has 2 aromatic rings. The van der Waals surface area contributed by atoms with E-state index in [-0.39, 0.29) is 30.5 Å². The molecular weight excluding hydrogens is 746 g/mol. The lowest BCUT2D eigenvalue weighted by Gasteiger charge is -2.48. The maximum atomic E-state index is 14.7. The van der Waals surface area contributed by atoms with Crippen molar-refractivity contribution in [3.8, 4) is 0 Å². The Morgan fingerprint density at radius 1 is 0.983 bits per heavy atom. The van der Waals surface area contributed by atoms with E-state index in [0.29, 0.717) is 31.0 Å². The second-order valence-corrected chi connectivity index (χ2v) is 17.8. The van der Waals surface area contributed by atoms with Gasteiger partial charge in [-0.1, -0.05) is 32.0 Å². The molecule has 4 N–H and O–H groups in total. The van der Waals surface area contributed by atoms with Gasteiger partial charge in [-0.15, -0.1) is 0 Å². The van der Waals surface area contributed by atoms with Crippen molar-refractivity contribution < 1.29 is 48.5 Å². The first kappa shape index (κ1) is 46.2. The van der Waals surface area contributed by atoms with Crippen LogP contribution in [0, 0.1) is 17.8 Å². The molecule has 326 valence electrons. The second-order valence-electron chi connectivity index (χ2n) is 17.8.